The number of allylic oxidation sites excluding steroid dienone is 1. The van der Waals surface area contributed by atoms with Crippen LogP contribution in [0.5, 0.6) is 0 Å². The molecule has 1 aliphatic heterocycles. The molecular weight excluding hydrogens is 310 g/mol. The van der Waals surface area contributed by atoms with Crippen LogP contribution >= 0.6 is 35.1 Å². The molecule has 0 aliphatic carbocycles. The Labute approximate surface area is 134 Å². The number of thioether (sulfide) groups is 2. The number of halogens is 1. The van der Waals surface area contributed by atoms with Crippen LogP contribution in [0.1, 0.15) is 14.9 Å². The summed E-state index contributed by atoms with van der Waals surface area (Å²) in [5.41, 5.74) is 1.18. The lowest BCUT2D eigenvalue weighted by atomic mass is 10.2. The molecule has 2 aromatic rings. The van der Waals surface area contributed by atoms with Crippen molar-refractivity contribution in [1.82, 2.24) is 9.55 Å². The number of nitriles is 1. The van der Waals surface area contributed by atoms with Gasteiger partial charge in [0.2, 0.25) is 0 Å². The van der Waals surface area contributed by atoms with E-state index in [1.807, 2.05) is 30.3 Å². The maximum Gasteiger partial charge on any atom is 0.145 e. The van der Waals surface area contributed by atoms with Gasteiger partial charge in [0.25, 0.3) is 0 Å². The molecule has 1 unspecified atom stereocenters. The van der Waals surface area contributed by atoms with E-state index in [0.717, 1.165) is 20.1 Å². The van der Waals surface area contributed by atoms with Crippen LogP contribution in [-0.2, 0) is 0 Å². The molecule has 0 amide bonds. The number of aromatic nitrogens is 2. The number of nitrogens with zero attached hydrogens (tertiary/aromatic N) is 3. The summed E-state index contributed by atoms with van der Waals surface area (Å²) in [5.74, 6) is 0.748. The minimum Gasteiger partial charge on any atom is -0.296 e. The van der Waals surface area contributed by atoms with Gasteiger partial charge in [-0.1, -0.05) is 29.8 Å². The zero-order valence-corrected chi connectivity index (χ0v) is 12.5. The van der Waals surface area contributed by atoms with Crippen LogP contribution in [-0.4, -0.2) is 15.3 Å². The van der Waals surface area contributed by atoms with E-state index in [2.05, 4.69) is 4.98 Å². The van der Waals surface area contributed by atoms with E-state index < -0.39 is 0 Å². The lowest BCUT2D eigenvalue weighted by Crippen LogP contribution is -1.93. The fourth-order valence-corrected chi connectivity index (χ4v) is 5.06. The van der Waals surface area contributed by atoms with Crippen molar-refractivity contribution in [3.8, 4) is 6.07 Å². The van der Waals surface area contributed by atoms with Crippen molar-refractivity contribution in [1.29, 1.82) is 5.26 Å². The quantitative estimate of drug-likeness (QED) is 0.768. The van der Waals surface area contributed by atoms with Crippen molar-refractivity contribution < 1.29 is 4.11 Å². The first-order chi connectivity index (χ1) is 11.0. The number of imidazole rings is 1. The summed E-state index contributed by atoms with van der Waals surface area (Å²) in [7, 11) is 0. The molecule has 1 fully saturated rings. The predicted molar refractivity (Wildman–Crippen MR) is 85.3 cm³/mol. The molecule has 1 aromatic heterocycles. The Kier molecular flexibility index (Phi) is 3.10. The van der Waals surface area contributed by atoms with Crippen molar-refractivity contribution in [3.63, 3.8) is 0 Å². The number of benzene rings is 1. The summed E-state index contributed by atoms with van der Waals surface area (Å²) in [4.78, 5) is 3.63. The fourth-order valence-electron chi connectivity index (χ4n) is 1.83. The molecule has 2 heterocycles. The average molecular weight is 323 g/mol. The summed E-state index contributed by atoms with van der Waals surface area (Å²) in [6, 6.07) is 9.63. The minimum absolute atomic E-state index is 0.106. The molecule has 1 atom stereocenters. The predicted octanol–water partition coefficient (Wildman–Crippen LogP) is 4.41. The van der Waals surface area contributed by atoms with Crippen LogP contribution < -0.4 is 0 Å². The van der Waals surface area contributed by atoms with E-state index >= 15 is 0 Å². The third kappa shape index (κ3) is 2.59. The Bertz CT molecular complexity index is 844. The maximum absolute atomic E-state index is 9.47. The second kappa shape index (κ2) is 5.96. The maximum atomic E-state index is 9.47. The Balaban J connectivity index is 1.99. The monoisotopic (exact) mass is 322 g/mol. The molecule has 3 rings (SSSR count). The van der Waals surface area contributed by atoms with Gasteiger partial charge in [0.1, 0.15) is 13.1 Å². The summed E-state index contributed by atoms with van der Waals surface area (Å²) < 4.78 is 24.9. The first kappa shape index (κ1) is 10.4. The summed E-state index contributed by atoms with van der Waals surface area (Å²) in [6.45, 7) is 0. The molecule has 0 radical (unpaired) electrons. The third-order valence-electron chi connectivity index (χ3n) is 2.76. The van der Waals surface area contributed by atoms with Gasteiger partial charge < -0.3 is 0 Å². The largest absolute Gasteiger partial charge is 0.296 e. The molecule has 0 bridgehead atoms. The van der Waals surface area contributed by atoms with Gasteiger partial charge in [-0.05, 0) is 11.6 Å². The van der Waals surface area contributed by atoms with Gasteiger partial charge in [-0.25, -0.2) is 4.98 Å². The molecule has 1 aromatic carbocycles. The van der Waals surface area contributed by atoms with Crippen LogP contribution in [0, 0.1) is 11.3 Å². The zero-order valence-electron chi connectivity index (χ0n) is 13.1. The molecule has 0 spiro atoms. The molecule has 20 heavy (non-hydrogen) atoms. The van der Waals surface area contributed by atoms with Crippen molar-refractivity contribution in [2.45, 2.75) is 5.25 Å². The van der Waals surface area contributed by atoms with E-state index in [-0.39, 0.29) is 29.6 Å². The summed E-state index contributed by atoms with van der Waals surface area (Å²) in [6.07, 6.45) is -0.827. The first-order valence-corrected chi connectivity index (χ1v) is 7.98. The average Bonchev–Trinajstić information content (AvgIpc) is 3.09. The van der Waals surface area contributed by atoms with Gasteiger partial charge in [-0.3, -0.25) is 4.57 Å². The lowest BCUT2D eigenvalue weighted by molar-refractivity contribution is 1.10. The molecule has 0 N–H and O–H groups in total. The highest BCUT2D eigenvalue weighted by molar-refractivity contribution is 8.25. The van der Waals surface area contributed by atoms with Crippen LogP contribution in [0.3, 0.4) is 0 Å². The Morgan fingerprint density at radius 1 is 1.55 bits per heavy atom. The van der Waals surface area contributed by atoms with E-state index in [9.17, 15) is 5.26 Å². The van der Waals surface area contributed by atoms with Crippen molar-refractivity contribution in [2.24, 2.45) is 0 Å². The standard InChI is InChI=1S/C14H10ClN3S2/c15-11-4-2-1-3-10(11)13-8-19-14(20-13)12(7-16)18-6-5-17-9-18/h1-6,9,13H,8H2/i5D,6D,9D. The van der Waals surface area contributed by atoms with Crippen molar-refractivity contribution >= 4 is 40.8 Å². The van der Waals surface area contributed by atoms with Crippen LogP contribution in [0.15, 0.2) is 47.2 Å². The second-order valence-electron chi connectivity index (χ2n) is 3.96. The van der Waals surface area contributed by atoms with E-state index in [4.69, 9.17) is 15.7 Å². The van der Waals surface area contributed by atoms with Crippen molar-refractivity contribution in [3.05, 3.63) is 57.7 Å². The highest BCUT2D eigenvalue weighted by Gasteiger charge is 2.27. The van der Waals surface area contributed by atoms with E-state index in [0.29, 0.717) is 5.02 Å². The highest BCUT2D eigenvalue weighted by atomic mass is 35.5. The molecule has 1 saturated heterocycles. The Hall–Kier alpha value is -1.35. The topological polar surface area (TPSA) is 41.6 Å². The van der Waals surface area contributed by atoms with Gasteiger partial charge in [0.05, 0.1) is 13.3 Å². The summed E-state index contributed by atoms with van der Waals surface area (Å²) in [5, 5.41) is 10.3. The zero-order chi connectivity index (χ0) is 16.6. The van der Waals surface area contributed by atoms with Crippen molar-refractivity contribution in [2.75, 3.05) is 5.75 Å². The molecule has 1 aliphatic rings. The summed E-state index contributed by atoms with van der Waals surface area (Å²) >= 11 is 9.22. The normalized spacial score (nSPS) is 22.8. The molecule has 100 valence electrons. The second-order valence-corrected chi connectivity index (χ2v) is 6.87. The molecule has 0 saturated carbocycles. The first-order valence-electron chi connectivity index (χ1n) is 7.24. The van der Waals surface area contributed by atoms with Gasteiger partial charge in [-0.15, -0.1) is 23.5 Å². The van der Waals surface area contributed by atoms with Gasteiger partial charge >= 0.3 is 0 Å². The number of hydrogen-bond acceptors (Lipinski definition) is 4. The van der Waals surface area contributed by atoms with Gasteiger partial charge in [0, 0.05) is 28.4 Å². The molecule has 3 nitrogen and oxygen atoms in total. The Morgan fingerprint density at radius 3 is 3.10 bits per heavy atom. The minimum atomic E-state index is -0.306. The number of rotatable bonds is 2. The van der Waals surface area contributed by atoms with Crippen LogP contribution in [0.2, 0.25) is 5.02 Å². The van der Waals surface area contributed by atoms with Gasteiger partial charge in [-0.2, -0.15) is 5.26 Å². The van der Waals surface area contributed by atoms with E-state index in [1.54, 1.807) is 0 Å². The Morgan fingerprint density at radius 2 is 2.40 bits per heavy atom. The lowest BCUT2D eigenvalue weighted by Gasteiger charge is -2.09. The molecule has 6 heteroatoms. The van der Waals surface area contributed by atoms with Crippen LogP contribution in [0.4, 0.5) is 0 Å². The van der Waals surface area contributed by atoms with E-state index in [1.165, 1.54) is 23.5 Å². The SMILES string of the molecule is [2H]c1nc([2H])n(C(C#N)=C2SCC(c3ccccc3Cl)S2)c1[2H]. The van der Waals surface area contributed by atoms with Gasteiger partial charge in [0.15, 0.2) is 0 Å². The highest BCUT2D eigenvalue weighted by Crippen LogP contribution is 2.53. The number of hydrogen-bond donors (Lipinski definition) is 0. The third-order valence-corrected chi connectivity index (χ3v) is 6.02. The fraction of sp³-hybridized carbons (Fsp3) is 0.143. The van der Waals surface area contributed by atoms with Crippen LogP contribution in [0.25, 0.3) is 5.70 Å². The molecular formula is C14H10ClN3S2. The smallest absolute Gasteiger partial charge is 0.145 e.